The van der Waals surface area contributed by atoms with Crippen molar-refractivity contribution in [3.63, 3.8) is 0 Å². The Balaban J connectivity index is 1.78. The predicted molar refractivity (Wildman–Crippen MR) is 131 cm³/mol. The average molecular weight is 467 g/mol. The standard InChI is InChI=1S/C27H34N2O5/c1-32-21-11-9-20(10-12-21)29-25(30)15-13-22(27(31)28-16-6-4-5-7-17-28)26(29)19-8-14-23(33-2)24(18-19)34-3/h8-12,14,18,22,26H,4-7,13,15-17H2,1-3H3/t22-,26-/m1/s1. The Morgan fingerprint density at radius 2 is 1.53 bits per heavy atom. The summed E-state index contributed by atoms with van der Waals surface area (Å²) in [4.78, 5) is 31.0. The lowest BCUT2D eigenvalue weighted by Gasteiger charge is -2.42. The van der Waals surface area contributed by atoms with E-state index in [0.29, 0.717) is 30.1 Å². The zero-order valence-corrected chi connectivity index (χ0v) is 20.3. The largest absolute Gasteiger partial charge is 0.497 e. The van der Waals surface area contributed by atoms with E-state index < -0.39 is 6.04 Å². The van der Waals surface area contributed by atoms with Crippen molar-refractivity contribution in [1.82, 2.24) is 4.90 Å². The van der Waals surface area contributed by atoms with Gasteiger partial charge in [-0.3, -0.25) is 9.59 Å². The number of ether oxygens (including phenoxy) is 3. The summed E-state index contributed by atoms with van der Waals surface area (Å²) in [5.74, 6) is 1.70. The summed E-state index contributed by atoms with van der Waals surface area (Å²) < 4.78 is 16.3. The number of carbonyl (C=O) groups excluding carboxylic acids is 2. The Labute approximate surface area is 201 Å². The van der Waals surface area contributed by atoms with Crippen molar-refractivity contribution in [1.29, 1.82) is 0 Å². The summed E-state index contributed by atoms with van der Waals surface area (Å²) in [6.07, 6.45) is 5.23. The zero-order chi connectivity index (χ0) is 24.1. The van der Waals surface area contributed by atoms with Gasteiger partial charge in [-0.1, -0.05) is 18.9 Å². The molecule has 0 N–H and O–H groups in total. The maximum Gasteiger partial charge on any atom is 0.228 e. The van der Waals surface area contributed by atoms with Gasteiger partial charge < -0.3 is 24.0 Å². The first-order chi connectivity index (χ1) is 16.6. The quantitative estimate of drug-likeness (QED) is 0.622. The minimum Gasteiger partial charge on any atom is -0.497 e. The summed E-state index contributed by atoms with van der Waals surface area (Å²) in [7, 11) is 4.80. The van der Waals surface area contributed by atoms with Crippen molar-refractivity contribution in [2.45, 2.75) is 44.6 Å². The van der Waals surface area contributed by atoms with Crippen LogP contribution in [0.1, 0.15) is 50.1 Å². The summed E-state index contributed by atoms with van der Waals surface area (Å²) in [6, 6.07) is 12.7. The molecule has 7 heteroatoms. The lowest BCUT2D eigenvalue weighted by atomic mass is 9.82. The lowest BCUT2D eigenvalue weighted by molar-refractivity contribution is -0.138. The fourth-order valence-corrected chi connectivity index (χ4v) is 5.14. The van der Waals surface area contributed by atoms with Crippen LogP contribution in [0.3, 0.4) is 0 Å². The number of rotatable bonds is 6. The SMILES string of the molecule is COc1ccc(N2C(=O)CC[C@@H](C(=O)N3CCCCCC3)[C@H]2c2ccc(OC)c(OC)c2)cc1. The van der Waals surface area contributed by atoms with E-state index >= 15 is 0 Å². The molecule has 2 amide bonds. The second kappa shape index (κ2) is 10.8. The zero-order valence-electron chi connectivity index (χ0n) is 20.3. The first-order valence-corrected chi connectivity index (χ1v) is 12.0. The van der Waals surface area contributed by atoms with Gasteiger partial charge in [0.15, 0.2) is 11.5 Å². The number of amides is 2. The van der Waals surface area contributed by atoms with Crippen molar-refractivity contribution in [3.8, 4) is 17.2 Å². The normalized spacial score (nSPS) is 21.1. The summed E-state index contributed by atoms with van der Waals surface area (Å²) in [5, 5.41) is 0. The Kier molecular flexibility index (Phi) is 7.60. The van der Waals surface area contributed by atoms with Gasteiger partial charge in [0.2, 0.25) is 11.8 Å². The summed E-state index contributed by atoms with van der Waals surface area (Å²) >= 11 is 0. The van der Waals surface area contributed by atoms with Gasteiger partial charge in [0.1, 0.15) is 5.75 Å². The van der Waals surface area contributed by atoms with Crippen LogP contribution in [0, 0.1) is 5.92 Å². The number of likely N-dealkylation sites (tertiary alicyclic amines) is 1. The molecule has 2 aliphatic heterocycles. The highest BCUT2D eigenvalue weighted by Crippen LogP contribution is 2.43. The number of hydrogen-bond acceptors (Lipinski definition) is 5. The lowest BCUT2D eigenvalue weighted by Crippen LogP contribution is -2.49. The number of carbonyl (C=O) groups is 2. The van der Waals surface area contributed by atoms with Crippen LogP contribution in [0.15, 0.2) is 42.5 Å². The van der Waals surface area contributed by atoms with E-state index in [1.165, 1.54) is 0 Å². The first kappa shape index (κ1) is 23.9. The molecule has 7 nitrogen and oxygen atoms in total. The van der Waals surface area contributed by atoms with Crippen LogP contribution < -0.4 is 19.1 Å². The highest BCUT2D eigenvalue weighted by Gasteiger charge is 2.43. The number of methoxy groups -OCH3 is 3. The maximum atomic E-state index is 13.9. The van der Waals surface area contributed by atoms with E-state index in [2.05, 4.69) is 0 Å². The first-order valence-electron chi connectivity index (χ1n) is 12.0. The van der Waals surface area contributed by atoms with Crippen LogP contribution in [-0.2, 0) is 9.59 Å². The van der Waals surface area contributed by atoms with E-state index in [0.717, 1.165) is 50.0 Å². The fourth-order valence-electron chi connectivity index (χ4n) is 5.14. The highest BCUT2D eigenvalue weighted by molar-refractivity contribution is 5.97. The van der Waals surface area contributed by atoms with Crippen molar-refractivity contribution < 1.29 is 23.8 Å². The molecule has 34 heavy (non-hydrogen) atoms. The van der Waals surface area contributed by atoms with Crippen LogP contribution in [0.2, 0.25) is 0 Å². The Hall–Kier alpha value is -3.22. The molecule has 0 bridgehead atoms. The van der Waals surface area contributed by atoms with E-state index in [9.17, 15) is 9.59 Å². The molecule has 2 aliphatic rings. The second-order valence-corrected chi connectivity index (χ2v) is 8.91. The highest BCUT2D eigenvalue weighted by atomic mass is 16.5. The molecule has 0 unspecified atom stereocenters. The van der Waals surface area contributed by atoms with Crippen LogP contribution in [-0.4, -0.2) is 51.1 Å². The maximum absolute atomic E-state index is 13.9. The smallest absolute Gasteiger partial charge is 0.228 e. The molecule has 182 valence electrons. The number of anilines is 1. The van der Waals surface area contributed by atoms with Gasteiger partial charge in [-0.2, -0.15) is 0 Å². The van der Waals surface area contributed by atoms with Gasteiger partial charge in [0.05, 0.1) is 33.3 Å². The Bertz CT molecular complexity index is 999. The summed E-state index contributed by atoms with van der Waals surface area (Å²) in [6.45, 7) is 1.56. The molecular formula is C27H34N2O5. The molecule has 2 aromatic carbocycles. The number of hydrogen-bond donors (Lipinski definition) is 0. The van der Waals surface area contributed by atoms with E-state index in [1.54, 1.807) is 26.2 Å². The number of benzene rings is 2. The van der Waals surface area contributed by atoms with Crippen LogP contribution in [0.5, 0.6) is 17.2 Å². The van der Waals surface area contributed by atoms with Crippen molar-refractivity contribution in [3.05, 3.63) is 48.0 Å². The molecule has 2 aromatic rings. The third kappa shape index (κ3) is 4.83. The predicted octanol–water partition coefficient (Wildman–Crippen LogP) is 4.60. The Morgan fingerprint density at radius 1 is 0.853 bits per heavy atom. The van der Waals surface area contributed by atoms with Gasteiger partial charge in [-0.25, -0.2) is 0 Å². The van der Waals surface area contributed by atoms with Gasteiger partial charge in [-0.15, -0.1) is 0 Å². The fraction of sp³-hybridized carbons (Fsp3) is 0.481. The third-order valence-electron chi connectivity index (χ3n) is 6.93. The van der Waals surface area contributed by atoms with Gasteiger partial charge in [-0.05, 0) is 61.2 Å². The average Bonchev–Trinajstić information content (AvgIpc) is 3.17. The molecule has 0 saturated carbocycles. The van der Waals surface area contributed by atoms with Crippen LogP contribution >= 0.6 is 0 Å². The van der Waals surface area contributed by atoms with Gasteiger partial charge in [0.25, 0.3) is 0 Å². The van der Waals surface area contributed by atoms with Gasteiger partial charge >= 0.3 is 0 Å². The second-order valence-electron chi connectivity index (χ2n) is 8.91. The molecule has 0 aliphatic carbocycles. The minimum atomic E-state index is -0.440. The minimum absolute atomic E-state index is 0.00451. The molecule has 2 atom stereocenters. The summed E-state index contributed by atoms with van der Waals surface area (Å²) in [5.41, 5.74) is 1.61. The molecular weight excluding hydrogens is 432 g/mol. The number of nitrogens with zero attached hydrogens (tertiary/aromatic N) is 2. The Morgan fingerprint density at radius 3 is 2.15 bits per heavy atom. The molecule has 2 saturated heterocycles. The third-order valence-corrected chi connectivity index (χ3v) is 6.93. The molecule has 0 aromatic heterocycles. The monoisotopic (exact) mass is 466 g/mol. The van der Waals surface area contributed by atoms with Crippen molar-refractivity contribution in [2.24, 2.45) is 5.92 Å². The van der Waals surface area contributed by atoms with Crippen LogP contribution in [0.4, 0.5) is 5.69 Å². The molecule has 2 heterocycles. The molecule has 0 spiro atoms. The van der Waals surface area contributed by atoms with Crippen LogP contribution in [0.25, 0.3) is 0 Å². The van der Waals surface area contributed by atoms with Gasteiger partial charge in [0, 0.05) is 25.2 Å². The molecule has 2 fully saturated rings. The van der Waals surface area contributed by atoms with E-state index in [-0.39, 0.29) is 17.7 Å². The number of piperidine rings is 1. The van der Waals surface area contributed by atoms with Crippen molar-refractivity contribution >= 4 is 17.5 Å². The van der Waals surface area contributed by atoms with Crippen molar-refractivity contribution in [2.75, 3.05) is 39.3 Å². The topological polar surface area (TPSA) is 68.3 Å². The molecule has 4 rings (SSSR count). The van der Waals surface area contributed by atoms with E-state index in [1.807, 2.05) is 47.4 Å². The van der Waals surface area contributed by atoms with E-state index in [4.69, 9.17) is 14.2 Å². The molecule has 0 radical (unpaired) electrons.